The van der Waals surface area contributed by atoms with E-state index < -0.39 is 17.9 Å². The van der Waals surface area contributed by atoms with Crippen molar-refractivity contribution < 1.29 is 23.0 Å². The second kappa shape index (κ2) is 7.32. The molecule has 9 heteroatoms. The second-order valence-corrected chi connectivity index (χ2v) is 5.83. The smallest absolute Gasteiger partial charge is 0.387 e. The van der Waals surface area contributed by atoms with E-state index in [-0.39, 0.29) is 35.2 Å². The van der Waals surface area contributed by atoms with Gasteiger partial charge >= 0.3 is 12.3 Å². The van der Waals surface area contributed by atoms with Crippen LogP contribution in [0.15, 0.2) is 27.8 Å². The van der Waals surface area contributed by atoms with Crippen LogP contribution in [0, 0.1) is 5.92 Å². The van der Waals surface area contributed by atoms with Gasteiger partial charge in [0.25, 0.3) is 5.56 Å². The van der Waals surface area contributed by atoms with Crippen molar-refractivity contribution >= 4 is 10.9 Å². The molecule has 1 aliphatic rings. The van der Waals surface area contributed by atoms with Gasteiger partial charge in [-0.05, 0) is 18.6 Å². The monoisotopic (exact) mass is 356 g/mol. The molecule has 0 amide bonds. The Morgan fingerprint density at radius 3 is 2.92 bits per heavy atom. The quantitative estimate of drug-likeness (QED) is 0.874. The van der Waals surface area contributed by atoms with Crippen LogP contribution in [0.1, 0.15) is 6.42 Å². The fourth-order valence-electron chi connectivity index (χ4n) is 3.04. The highest BCUT2D eigenvalue weighted by atomic mass is 19.3. The summed E-state index contributed by atoms with van der Waals surface area (Å²) in [4.78, 5) is 27.5. The Morgan fingerprint density at radius 1 is 1.40 bits per heavy atom. The number of aromatic amines is 1. The summed E-state index contributed by atoms with van der Waals surface area (Å²) in [5, 5.41) is 0.224. The standard InChI is InChI=1S/C16H18F2N2O5/c1-23-13-8-24-5-4-9(13)7-20-14(21)11-3-2-10(25-15(17)18)6-12(11)19-16(20)22/h2-3,6,9,13,15H,4-5,7-8H2,1H3,(H,19,22). The molecule has 1 saturated heterocycles. The molecule has 0 radical (unpaired) electrons. The highest BCUT2D eigenvalue weighted by Gasteiger charge is 2.27. The SMILES string of the molecule is COC1COCCC1Cn1c(=O)[nH]c2cc(OC(F)F)ccc2c1=O. The van der Waals surface area contributed by atoms with Crippen molar-refractivity contribution in [2.45, 2.75) is 25.7 Å². The lowest BCUT2D eigenvalue weighted by Crippen LogP contribution is -2.43. The Hall–Kier alpha value is -2.26. The van der Waals surface area contributed by atoms with Crippen molar-refractivity contribution in [2.24, 2.45) is 5.92 Å². The average molecular weight is 356 g/mol. The number of methoxy groups -OCH3 is 1. The molecule has 2 unspecified atom stereocenters. The van der Waals surface area contributed by atoms with Gasteiger partial charge in [0.1, 0.15) is 5.75 Å². The number of rotatable bonds is 5. The second-order valence-electron chi connectivity index (χ2n) is 5.83. The van der Waals surface area contributed by atoms with Gasteiger partial charge in [-0.25, -0.2) is 4.79 Å². The summed E-state index contributed by atoms with van der Waals surface area (Å²) in [6.45, 7) is -1.83. The van der Waals surface area contributed by atoms with Crippen LogP contribution in [-0.4, -0.2) is 42.6 Å². The van der Waals surface area contributed by atoms with Gasteiger partial charge in [-0.3, -0.25) is 9.36 Å². The molecule has 2 atom stereocenters. The molecule has 1 N–H and O–H groups in total. The lowest BCUT2D eigenvalue weighted by atomic mass is 9.97. The Balaban J connectivity index is 1.96. The van der Waals surface area contributed by atoms with Crippen molar-refractivity contribution in [1.29, 1.82) is 0 Å². The molecule has 136 valence electrons. The maximum atomic E-state index is 12.6. The first-order valence-electron chi connectivity index (χ1n) is 7.82. The normalized spacial score (nSPS) is 21.0. The number of hydrogen-bond acceptors (Lipinski definition) is 5. The Morgan fingerprint density at radius 2 is 2.20 bits per heavy atom. The lowest BCUT2D eigenvalue weighted by molar-refractivity contribution is -0.0699. The van der Waals surface area contributed by atoms with E-state index in [4.69, 9.17) is 9.47 Å². The van der Waals surface area contributed by atoms with Crippen molar-refractivity contribution in [2.75, 3.05) is 20.3 Å². The Kier molecular flexibility index (Phi) is 5.14. The van der Waals surface area contributed by atoms with Crippen LogP contribution in [0.5, 0.6) is 5.75 Å². The third-order valence-corrected chi connectivity index (χ3v) is 4.34. The zero-order valence-corrected chi connectivity index (χ0v) is 13.5. The topological polar surface area (TPSA) is 82.6 Å². The Bertz CT molecular complexity index is 864. The first-order valence-corrected chi connectivity index (χ1v) is 7.82. The van der Waals surface area contributed by atoms with E-state index in [1.54, 1.807) is 7.11 Å². The molecule has 0 aliphatic carbocycles. The van der Waals surface area contributed by atoms with Crippen LogP contribution in [0.2, 0.25) is 0 Å². The van der Waals surface area contributed by atoms with Crippen LogP contribution in [0.3, 0.4) is 0 Å². The van der Waals surface area contributed by atoms with E-state index in [1.165, 1.54) is 18.2 Å². The van der Waals surface area contributed by atoms with E-state index in [0.717, 1.165) is 4.57 Å². The summed E-state index contributed by atoms with van der Waals surface area (Å²) in [6.07, 6.45) is 0.474. The number of benzene rings is 1. The molecule has 0 spiro atoms. The van der Waals surface area contributed by atoms with Gasteiger partial charge < -0.3 is 19.2 Å². The molecule has 2 aromatic rings. The summed E-state index contributed by atoms with van der Waals surface area (Å²) < 4.78 is 40.7. The minimum absolute atomic E-state index is 0.0311. The van der Waals surface area contributed by atoms with Crippen molar-refractivity contribution in [3.8, 4) is 5.75 Å². The largest absolute Gasteiger partial charge is 0.435 e. The molecule has 3 rings (SSSR count). The zero-order valence-electron chi connectivity index (χ0n) is 13.5. The molecule has 1 fully saturated rings. The lowest BCUT2D eigenvalue weighted by Gasteiger charge is -2.30. The van der Waals surface area contributed by atoms with Crippen LogP contribution < -0.4 is 16.0 Å². The van der Waals surface area contributed by atoms with E-state index in [9.17, 15) is 18.4 Å². The number of hydrogen-bond donors (Lipinski definition) is 1. The number of alkyl halides is 2. The molecular weight excluding hydrogens is 338 g/mol. The first-order chi connectivity index (χ1) is 12.0. The molecule has 25 heavy (non-hydrogen) atoms. The van der Waals surface area contributed by atoms with E-state index in [2.05, 4.69) is 9.72 Å². The summed E-state index contributed by atoms with van der Waals surface area (Å²) >= 11 is 0. The predicted octanol–water partition coefficient (Wildman–Crippen LogP) is 1.34. The van der Waals surface area contributed by atoms with E-state index in [0.29, 0.717) is 19.6 Å². The summed E-state index contributed by atoms with van der Waals surface area (Å²) in [5.41, 5.74) is -0.934. The number of nitrogens with zero attached hydrogens (tertiary/aromatic N) is 1. The minimum Gasteiger partial charge on any atom is -0.435 e. The molecule has 0 saturated carbocycles. The summed E-state index contributed by atoms with van der Waals surface area (Å²) in [5.74, 6) is -0.157. The number of ether oxygens (including phenoxy) is 3. The minimum atomic E-state index is -2.98. The van der Waals surface area contributed by atoms with Crippen molar-refractivity contribution in [3.05, 3.63) is 39.0 Å². The average Bonchev–Trinajstić information content (AvgIpc) is 2.58. The van der Waals surface area contributed by atoms with Gasteiger partial charge in [0, 0.05) is 32.2 Å². The maximum absolute atomic E-state index is 12.6. The van der Waals surface area contributed by atoms with Gasteiger partial charge in [0.15, 0.2) is 0 Å². The van der Waals surface area contributed by atoms with Gasteiger partial charge in [-0.1, -0.05) is 0 Å². The van der Waals surface area contributed by atoms with Crippen LogP contribution in [0.4, 0.5) is 8.78 Å². The molecule has 1 aromatic carbocycles. The van der Waals surface area contributed by atoms with E-state index in [1.807, 2.05) is 0 Å². The first kappa shape index (κ1) is 17.6. The number of H-pyrrole nitrogens is 1. The fourth-order valence-corrected chi connectivity index (χ4v) is 3.04. The third-order valence-electron chi connectivity index (χ3n) is 4.34. The Labute approximate surface area is 141 Å². The van der Waals surface area contributed by atoms with Gasteiger partial charge in [0.05, 0.1) is 23.6 Å². The highest BCUT2D eigenvalue weighted by molar-refractivity contribution is 5.78. The number of fused-ring (bicyclic) bond motifs is 1. The number of aromatic nitrogens is 2. The molecule has 7 nitrogen and oxygen atoms in total. The number of halogens is 2. The molecule has 0 bridgehead atoms. The van der Waals surface area contributed by atoms with Crippen molar-refractivity contribution in [1.82, 2.24) is 9.55 Å². The zero-order chi connectivity index (χ0) is 18.0. The summed E-state index contributed by atoms with van der Waals surface area (Å²) in [6, 6.07) is 3.84. The van der Waals surface area contributed by atoms with Crippen LogP contribution in [0.25, 0.3) is 10.9 Å². The molecule has 1 aromatic heterocycles. The van der Waals surface area contributed by atoms with Gasteiger partial charge in [-0.2, -0.15) is 8.78 Å². The fraction of sp³-hybridized carbons (Fsp3) is 0.500. The van der Waals surface area contributed by atoms with Crippen LogP contribution >= 0.6 is 0 Å². The van der Waals surface area contributed by atoms with Crippen LogP contribution in [-0.2, 0) is 16.0 Å². The third kappa shape index (κ3) is 3.72. The van der Waals surface area contributed by atoms with Crippen molar-refractivity contribution in [3.63, 3.8) is 0 Å². The van der Waals surface area contributed by atoms with E-state index >= 15 is 0 Å². The maximum Gasteiger partial charge on any atom is 0.387 e. The molecular formula is C16H18F2N2O5. The van der Waals surface area contributed by atoms with Gasteiger partial charge in [-0.15, -0.1) is 0 Å². The summed E-state index contributed by atoms with van der Waals surface area (Å²) in [7, 11) is 1.56. The molecule has 1 aliphatic heterocycles. The van der Waals surface area contributed by atoms with Gasteiger partial charge in [0.2, 0.25) is 0 Å². The highest BCUT2D eigenvalue weighted by Crippen LogP contribution is 2.20. The number of nitrogens with one attached hydrogen (secondary N) is 1. The molecule has 2 heterocycles. The predicted molar refractivity (Wildman–Crippen MR) is 85.2 cm³/mol.